The number of anilines is 1. The summed E-state index contributed by atoms with van der Waals surface area (Å²) in [6, 6.07) is 4.45. The Morgan fingerprint density at radius 3 is 2.60 bits per heavy atom. The smallest absolute Gasteiger partial charge is 0.0753 e. The average Bonchev–Trinajstić information content (AvgIpc) is 2.39. The molecule has 1 saturated heterocycles. The van der Waals surface area contributed by atoms with Crippen LogP contribution in [0.5, 0.6) is 0 Å². The summed E-state index contributed by atoms with van der Waals surface area (Å²) in [5.74, 6) is 0. The van der Waals surface area contributed by atoms with E-state index in [1.54, 1.807) is 0 Å². The van der Waals surface area contributed by atoms with Gasteiger partial charge in [0.05, 0.1) is 15.7 Å². The molecule has 0 saturated carbocycles. The summed E-state index contributed by atoms with van der Waals surface area (Å²) in [7, 11) is 0. The lowest BCUT2D eigenvalue weighted by Crippen LogP contribution is -2.43. The highest BCUT2D eigenvalue weighted by Gasteiger charge is 2.17. The highest BCUT2D eigenvalue weighted by atomic mass is 79.9. The van der Waals surface area contributed by atoms with Crippen molar-refractivity contribution in [3.63, 3.8) is 0 Å². The molecule has 5 heteroatoms. The summed E-state index contributed by atoms with van der Waals surface area (Å²) in [6.07, 6.45) is 1.93. The van der Waals surface area contributed by atoms with Crippen LogP contribution in [0.25, 0.3) is 10.9 Å². The zero-order chi connectivity index (χ0) is 13.4. The summed E-state index contributed by atoms with van der Waals surface area (Å²) in [6.45, 7) is 8.46. The Balaban J connectivity index is 0.00000147. The van der Waals surface area contributed by atoms with Crippen LogP contribution in [0.4, 0.5) is 5.69 Å². The standard InChI is InChI=1S/C15H18BrN3.ClH/c1-10-7-11(2)14-12(8-10)15(13(16)9-18-14)19-5-3-17-4-6-19;/h7-9,17H,3-6H2,1-2H3;1H. The Hall–Kier alpha value is -0.840. The molecule has 0 unspecified atom stereocenters. The number of hydrogen-bond donors (Lipinski definition) is 1. The van der Waals surface area contributed by atoms with Crippen molar-refractivity contribution in [3.05, 3.63) is 33.9 Å². The molecule has 2 aromatic rings. The molecule has 0 radical (unpaired) electrons. The maximum atomic E-state index is 4.59. The highest BCUT2D eigenvalue weighted by Crippen LogP contribution is 2.35. The van der Waals surface area contributed by atoms with Gasteiger partial charge < -0.3 is 10.2 Å². The van der Waals surface area contributed by atoms with E-state index < -0.39 is 0 Å². The average molecular weight is 357 g/mol. The summed E-state index contributed by atoms with van der Waals surface area (Å²) in [4.78, 5) is 7.04. The van der Waals surface area contributed by atoms with Crippen LogP contribution in [0.2, 0.25) is 0 Å². The van der Waals surface area contributed by atoms with Gasteiger partial charge in [-0.3, -0.25) is 4.98 Å². The van der Waals surface area contributed by atoms with Crippen LogP contribution in [-0.2, 0) is 0 Å². The topological polar surface area (TPSA) is 28.2 Å². The van der Waals surface area contributed by atoms with Crippen molar-refractivity contribution >= 4 is 44.9 Å². The number of fused-ring (bicyclic) bond motifs is 1. The van der Waals surface area contributed by atoms with Gasteiger partial charge >= 0.3 is 0 Å². The van der Waals surface area contributed by atoms with E-state index in [9.17, 15) is 0 Å². The second kappa shape index (κ2) is 6.29. The monoisotopic (exact) mass is 355 g/mol. The van der Waals surface area contributed by atoms with Gasteiger partial charge in [0.1, 0.15) is 0 Å². The summed E-state index contributed by atoms with van der Waals surface area (Å²) < 4.78 is 1.09. The van der Waals surface area contributed by atoms with Gasteiger partial charge in [-0.1, -0.05) is 11.6 Å². The highest BCUT2D eigenvalue weighted by molar-refractivity contribution is 9.10. The first kappa shape index (κ1) is 15.5. The van der Waals surface area contributed by atoms with Crippen molar-refractivity contribution in [2.45, 2.75) is 13.8 Å². The fourth-order valence-corrected chi connectivity index (χ4v) is 3.40. The van der Waals surface area contributed by atoms with E-state index in [4.69, 9.17) is 0 Å². The molecule has 1 aromatic heterocycles. The lowest BCUT2D eigenvalue weighted by atomic mass is 10.0. The zero-order valence-corrected chi connectivity index (χ0v) is 14.1. The molecule has 0 atom stereocenters. The number of aryl methyl sites for hydroxylation is 2. The quantitative estimate of drug-likeness (QED) is 0.848. The molecule has 3 nitrogen and oxygen atoms in total. The number of rotatable bonds is 1. The van der Waals surface area contributed by atoms with E-state index in [0.717, 1.165) is 36.2 Å². The van der Waals surface area contributed by atoms with Gasteiger partial charge in [-0.05, 0) is 41.4 Å². The van der Waals surface area contributed by atoms with E-state index in [2.05, 4.69) is 57.1 Å². The van der Waals surface area contributed by atoms with Gasteiger partial charge in [-0.15, -0.1) is 12.4 Å². The van der Waals surface area contributed by atoms with E-state index in [-0.39, 0.29) is 12.4 Å². The third-order valence-electron chi connectivity index (χ3n) is 3.67. The first-order chi connectivity index (χ1) is 9.16. The third kappa shape index (κ3) is 2.78. The maximum absolute atomic E-state index is 4.59. The van der Waals surface area contributed by atoms with Crippen LogP contribution in [0.15, 0.2) is 22.8 Å². The van der Waals surface area contributed by atoms with E-state index in [1.807, 2.05) is 6.20 Å². The van der Waals surface area contributed by atoms with Crippen LogP contribution in [0.3, 0.4) is 0 Å². The van der Waals surface area contributed by atoms with E-state index >= 15 is 0 Å². The Kier molecular flexibility index (Phi) is 4.89. The van der Waals surface area contributed by atoms with Gasteiger partial charge in [0.15, 0.2) is 0 Å². The Labute approximate surface area is 134 Å². The largest absolute Gasteiger partial charge is 0.367 e. The lowest BCUT2D eigenvalue weighted by Gasteiger charge is -2.31. The zero-order valence-electron chi connectivity index (χ0n) is 11.7. The minimum atomic E-state index is 0. The van der Waals surface area contributed by atoms with Crippen LogP contribution >= 0.6 is 28.3 Å². The third-order valence-corrected chi connectivity index (χ3v) is 4.25. The molecular weight excluding hydrogens is 338 g/mol. The molecule has 1 aromatic carbocycles. The number of halogens is 2. The van der Waals surface area contributed by atoms with Crippen LogP contribution < -0.4 is 10.2 Å². The molecule has 1 N–H and O–H groups in total. The second-order valence-electron chi connectivity index (χ2n) is 5.17. The van der Waals surface area contributed by atoms with Gasteiger partial charge in [0, 0.05) is 37.8 Å². The first-order valence-corrected chi connectivity index (χ1v) is 7.47. The second-order valence-corrected chi connectivity index (χ2v) is 6.02. The molecular formula is C15H19BrClN3. The fourth-order valence-electron chi connectivity index (χ4n) is 2.83. The molecule has 0 bridgehead atoms. The van der Waals surface area contributed by atoms with Crippen molar-refractivity contribution < 1.29 is 0 Å². The predicted octanol–water partition coefficient (Wildman–Crippen LogP) is 3.45. The molecule has 20 heavy (non-hydrogen) atoms. The molecule has 0 amide bonds. The Morgan fingerprint density at radius 1 is 1.20 bits per heavy atom. The summed E-state index contributed by atoms with van der Waals surface area (Å²) in [5.41, 5.74) is 4.95. The molecule has 3 rings (SSSR count). The van der Waals surface area contributed by atoms with Gasteiger partial charge in [-0.2, -0.15) is 0 Å². The number of nitrogens with one attached hydrogen (secondary N) is 1. The minimum Gasteiger partial charge on any atom is -0.367 e. The Bertz CT molecular complexity index is 624. The van der Waals surface area contributed by atoms with Crippen LogP contribution in [0, 0.1) is 13.8 Å². The minimum absolute atomic E-state index is 0. The van der Waals surface area contributed by atoms with Crippen LogP contribution in [0.1, 0.15) is 11.1 Å². The first-order valence-electron chi connectivity index (χ1n) is 6.68. The van der Waals surface area contributed by atoms with Gasteiger partial charge in [0.25, 0.3) is 0 Å². The number of aromatic nitrogens is 1. The number of benzene rings is 1. The number of nitrogens with zero attached hydrogens (tertiary/aromatic N) is 2. The molecule has 0 spiro atoms. The summed E-state index contributed by atoms with van der Waals surface area (Å²) >= 11 is 3.68. The van der Waals surface area contributed by atoms with Gasteiger partial charge in [0.2, 0.25) is 0 Å². The predicted molar refractivity (Wildman–Crippen MR) is 91.2 cm³/mol. The number of hydrogen-bond acceptors (Lipinski definition) is 3. The number of piperazine rings is 1. The maximum Gasteiger partial charge on any atom is 0.0753 e. The summed E-state index contributed by atoms with van der Waals surface area (Å²) in [5, 5.41) is 4.66. The molecule has 108 valence electrons. The SMILES string of the molecule is Cc1cc(C)c2ncc(Br)c(N3CCNCC3)c2c1.Cl. The molecule has 0 aliphatic carbocycles. The fraction of sp³-hybridized carbons (Fsp3) is 0.400. The van der Waals surface area contributed by atoms with Crippen molar-refractivity contribution in [2.75, 3.05) is 31.1 Å². The van der Waals surface area contributed by atoms with Gasteiger partial charge in [-0.25, -0.2) is 0 Å². The van der Waals surface area contributed by atoms with E-state index in [0.29, 0.717) is 0 Å². The van der Waals surface area contributed by atoms with Crippen LogP contribution in [-0.4, -0.2) is 31.2 Å². The van der Waals surface area contributed by atoms with Crippen molar-refractivity contribution in [1.82, 2.24) is 10.3 Å². The molecule has 1 fully saturated rings. The van der Waals surface area contributed by atoms with Crippen molar-refractivity contribution in [3.8, 4) is 0 Å². The number of pyridine rings is 1. The molecule has 1 aliphatic rings. The Morgan fingerprint density at radius 2 is 1.90 bits per heavy atom. The molecule has 2 heterocycles. The lowest BCUT2D eigenvalue weighted by molar-refractivity contribution is 0.589. The van der Waals surface area contributed by atoms with Crippen molar-refractivity contribution in [1.29, 1.82) is 0 Å². The molecule has 1 aliphatic heterocycles. The normalized spacial score (nSPS) is 15.2. The van der Waals surface area contributed by atoms with Crippen molar-refractivity contribution in [2.24, 2.45) is 0 Å². The van der Waals surface area contributed by atoms with E-state index in [1.165, 1.54) is 22.2 Å².